The number of amides is 1. The van der Waals surface area contributed by atoms with Crippen molar-refractivity contribution in [3.05, 3.63) is 35.4 Å². The molecule has 0 saturated carbocycles. The van der Waals surface area contributed by atoms with Crippen molar-refractivity contribution in [3.8, 4) is 0 Å². The lowest BCUT2D eigenvalue weighted by Crippen LogP contribution is -2.41. The summed E-state index contributed by atoms with van der Waals surface area (Å²) in [5.74, 6) is 0.292. The summed E-state index contributed by atoms with van der Waals surface area (Å²) < 4.78 is 0. The summed E-state index contributed by atoms with van der Waals surface area (Å²) in [4.78, 5) is 14.1. The van der Waals surface area contributed by atoms with Gasteiger partial charge in [-0.2, -0.15) is 0 Å². The lowest BCUT2D eigenvalue weighted by atomic mass is 9.96. The molecule has 1 saturated heterocycles. The first-order valence-corrected chi connectivity index (χ1v) is 6.95. The van der Waals surface area contributed by atoms with Crippen LogP contribution in [-0.2, 0) is 17.9 Å². The zero-order valence-corrected chi connectivity index (χ0v) is 11.6. The van der Waals surface area contributed by atoms with Gasteiger partial charge in [-0.15, -0.1) is 0 Å². The van der Waals surface area contributed by atoms with Crippen LogP contribution in [0.1, 0.15) is 24.0 Å². The van der Waals surface area contributed by atoms with Gasteiger partial charge in [0.1, 0.15) is 0 Å². The van der Waals surface area contributed by atoms with Crippen molar-refractivity contribution < 1.29 is 4.79 Å². The third-order valence-corrected chi connectivity index (χ3v) is 3.85. The van der Waals surface area contributed by atoms with Crippen LogP contribution < -0.4 is 11.1 Å². The molecule has 2 rings (SSSR count). The van der Waals surface area contributed by atoms with E-state index in [0.717, 1.165) is 32.5 Å². The minimum Gasteiger partial charge on any atom is -0.359 e. The van der Waals surface area contributed by atoms with E-state index in [-0.39, 0.29) is 11.8 Å². The molecule has 4 heteroatoms. The number of piperidine rings is 1. The second-order valence-corrected chi connectivity index (χ2v) is 5.16. The Morgan fingerprint density at radius 3 is 2.84 bits per heavy atom. The molecule has 1 heterocycles. The van der Waals surface area contributed by atoms with Crippen LogP contribution in [0, 0.1) is 5.92 Å². The van der Waals surface area contributed by atoms with Crippen LogP contribution in [0.2, 0.25) is 0 Å². The predicted molar refractivity (Wildman–Crippen MR) is 76.4 cm³/mol. The van der Waals surface area contributed by atoms with Crippen molar-refractivity contribution in [1.82, 2.24) is 10.2 Å². The highest BCUT2D eigenvalue weighted by atomic mass is 16.1. The number of nitrogens with zero attached hydrogens (tertiary/aromatic N) is 1. The van der Waals surface area contributed by atoms with Crippen LogP contribution in [0.3, 0.4) is 0 Å². The largest absolute Gasteiger partial charge is 0.359 e. The zero-order valence-electron chi connectivity index (χ0n) is 11.6. The Bertz CT molecular complexity index is 433. The fraction of sp³-hybridized carbons (Fsp3) is 0.533. The van der Waals surface area contributed by atoms with Gasteiger partial charge in [0, 0.05) is 26.7 Å². The first-order valence-electron chi connectivity index (χ1n) is 6.95. The molecule has 1 atom stereocenters. The van der Waals surface area contributed by atoms with Crippen LogP contribution in [0.4, 0.5) is 0 Å². The summed E-state index contributed by atoms with van der Waals surface area (Å²) >= 11 is 0. The molecule has 1 unspecified atom stereocenters. The Hall–Kier alpha value is -1.39. The number of nitrogens with two attached hydrogens (primary N) is 1. The van der Waals surface area contributed by atoms with Crippen molar-refractivity contribution in [2.75, 3.05) is 20.1 Å². The topological polar surface area (TPSA) is 58.4 Å². The molecular formula is C15H23N3O. The van der Waals surface area contributed by atoms with Gasteiger partial charge in [-0.3, -0.25) is 9.69 Å². The van der Waals surface area contributed by atoms with Gasteiger partial charge in [0.25, 0.3) is 0 Å². The van der Waals surface area contributed by atoms with E-state index in [9.17, 15) is 4.79 Å². The van der Waals surface area contributed by atoms with Crippen LogP contribution in [0.25, 0.3) is 0 Å². The number of nitrogens with one attached hydrogen (secondary N) is 1. The molecule has 1 aromatic carbocycles. The van der Waals surface area contributed by atoms with E-state index in [4.69, 9.17) is 5.73 Å². The highest BCUT2D eigenvalue weighted by Crippen LogP contribution is 2.20. The molecular weight excluding hydrogens is 238 g/mol. The van der Waals surface area contributed by atoms with Gasteiger partial charge in [0.05, 0.1) is 5.92 Å². The van der Waals surface area contributed by atoms with Gasteiger partial charge in [0.2, 0.25) is 5.91 Å². The fourth-order valence-electron chi connectivity index (χ4n) is 2.77. The monoisotopic (exact) mass is 261 g/mol. The molecule has 0 bridgehead atoms. The maximum absolute atomic E-state index is 11.7. The molecule has 1 aliphatic heterocycles. The molecule has 0 radical (unpaired) electrons. The maximum Gasteiger partial charge on any atom is 0.224 e. The third kappa shape index (κ3) is 3.55. The van der Waals surface area contributed by atoms with Gasteiger partial charge >= 0.3 is 0 Å². The standard InChI is InChI=1S/C15H23N3O/c1-17-15(19)14-7-4-8-18(11-14)10-13-6-3-2-5-12(13)9-16/h2-3,5-6,14H,4,7-11,16H2,1H3,(H,17,19). The summed E-state index contributed by atoms with van der Waals surface area (Å²) in [7, 11) is 1.71. The molecule has 104 valence electrons. The molecule has 1 aromatic rings. The molecule has 19 heavy (non-hydrogen) atoms. The van der Waals surface area contributed by atoms with Gasteiger partial charge in [-0.25, -0.2) is 0 Å². The smallest absolute Gasteiger partial charge is 0.224 e. The van der Waals surface area contributed by atoms with Crippen LogP contribution in [0.15, 0.2) is 24.3 Å². The van der Waals surface area contributed by atoms with E-state index in [0.29, 0.717) is 6.54 Å². The van der Waals surface area contributed by atoms with Crippen molar-refractivity contribution in [3.63, 3.8) is 0 Å². The van der Waals surface area contributed by atoms with Gasteiger partial charge < -0.3 is 11.1 Å². The molecule has 1 fully saturated rings. The second-order valence-electron chi connectivity index (χ2n) is 5.16. The average molecular weight is 261 g/mol. The lowest BCUT2D eigenvalue weighted by Gasteiger charge is -2.32. The molecule has 1 amide bonds. The summed E-state index contributed by atoms with van der Waals surface area (Å²) in [6, 6.07) is 8.28. The number of rotatable bonds is 4. The molecule has 3 N–H and O–H groups in total. The normalized spacial score (nSPS) is 20.2. The van der Waals surface area contributed by atoms with Gasteiger partial charge in [0.15, 0.2) is 0 Å². The Kier molecular flexibility index (Phi) is 4.93. The number of likely N-dealkylation sites (tertiary alicyclic amines) is 1. The van der Waals surface area contributed by atoms with E-state index in [1.54, 1.807) is 7.05 Å². The third-order valence-electron chi connectivity index (χ3n) is 3.85. The van der Waals surface area contributed by atoms with Crippen molar-refractivity contribution in [2.45, 2.75) is 25.9 Å². The quantitative estimate of drug-likeness (QED) is 0.853. The minimum absolute atomic E-state index is 0.129. The van der Waals surface area contributed by atoms with E-state index in [1.165, 1.54) is 11.1 Å². The first-order chi connectivity index (χ1) is 9.24. The highest BCUT2D eigenvalue weighted by Gasteiger charge is 2.25. The molecule has 0 aliphatic carbocycles. The van der Waals surface area contributed by atoms with E-state index >= 15 is 0 Å². The molecule has 4 nitrogen and oxygen atoms in total. The van der Waals surface area contributed by atoms with Crippen LogP contribution in [0.5, 0.6) is 0 Å². The SMILES string of the molecule is CNC(=O)C1CCCN(Cc2ccccc2CN)C1. The number of hydrogen-bond donors (Lipinski definition) is 2. The molecule has 0 spiro atoms. The van der Waals surface area contributed by atoms with Gasteiger partial charge in [-0.05, 0) is 30.5 Å². The summed E-state index contributed by atoms with van der Waals surface area (Å²) in [6.07, 6.45) is 2.08. The second kappa shape index (κ2) is 6.68. The lowest BCUT2D eigenvalue weighted by molar-refractivity contribution is -0.126. The Labute approximate surface area is 115 Å². The minimum atomic E-state index is 0.129. The summed E-state index contributed by atoms with van der Waals surface area (Å²) in [5.41, 5.74) is 8.25. The number of carbonyl (C=O) groups excluding carboxylic acids is 1. The van der Waals surface area contributed by atoms with Crippen molar-refractivity contribution >= 4 is 5.91 Å². The number of benzene rings is 1. The van der Waals surface area contributed by atoms with E-state index < -0.39 is 0 Å². The fourth-order valence-corrected chi connectivity index (χ4v) is 2.77. The highest BCUT2D eigenvalue weighted by molar-refractivity contribution is 5.78. The maximum atomic E-state index is 11.7. The van der Waals surface area contributed by atoms with Crippen LogP contribution >= 0.6 is 0 Å². The summed E-state index contributed by atoms with van der Waals surface area (Å²) in [6.45, 7) is 3.37. The Morgan fingerprint density at radius 2 is 2.16 bits per heavy atom. The predicted octanol–water partition coefficient (Wildman–Crippen LogP) is 1.10. The van der Waals surface area contributed by atoms with E-state index in [1.807, 2.05) is 6.07 Å². The summed E-state index contributed by atoms with van der Waals surface area (Å²) in [5, 5.41) is 2.76. The first kappa shape index (κ1) is 14.0. The average Bonchev–Trinajstić information content (AvgIpc) is 2.47. The van der Waals surface area contributed by atoms with Crippen molar-refractivity contribution in [1.29, 1.82) is 0 Å². The zero-order chi connectivity index (χ0) is 13.7. The van der Waals surface area contributed by atoms with Crippen molar-refractivity contribution in [2.24, 2.45) is 11.7 Å². The van der Waals surface area contributed by atoms with Gasteiger partial charge in [-0.1, -0.05) is 24.3 Å². The number of hydrogen-bond acceptors (Lipinski definition) is 3. The van der Waals surface area contributed by atoms with Crippen LogP contribution in [-0.4, -0.2) is 30.9 Å². The molecule has 1 aliphatic rings. The Morgan fingerprint density at radius 1 is 1.42 bits per heavy atom. The Balaban J connectivity index is 2.00. The number of carbonyl (C=O) groups is 1. The molecule has 0 aromatic heterocycles. The van der Waals surface area contributed by atoms with E-state index in [2.05, 4.69) is 28.4 Å².